The number of hydrogen-bond donors (Lipinski definition) is 3. The van der Waals surface area contributed by atoms with E-state index in [9.17, 15) is 9.59 Å². The summed E-state index contributed by atoms with van der Waals surface area (Å²) >= 11 is 0. The summed E-state index contributed by atoms with van der Waals surface area (Å²) in [6, 6.07) is 23.2. The first-order chi connectivity index (χ1) is 32.7. The Kier molecular flexibility index (Phi) is 14.8. The predicted molar refractivity (Wildman–Crippen MR) is 275 cm³/mol. The van der Waals surface area contributed by atoms with Crippen molar-refractivity contribution in [1.29, 1.82) is 0 Å². The number of rotatable bonds is 16. The number of aromatic nitrogens is 1. The molecule has 68 heavy (non-hydrogen) atoms. The molecule has 0 spiro atoms. The zero-order chi connectivity index (χ0) is 48.3. The fourth-order valence-electron chi connectivity index (χ4n) is 11.6. The number of hydrogen-bond acceptors (Lipinski definition) is 8. The van der Waals surface area contributed by atoms with Crippen LogP contribution in [-0.4, -0.2) is 89.1 Å². The van der Waals surface area contributed by atoms with Gasteiger partial charge in [-0.2, -0.15) is 0 Å². The molecular weight excluding hydrogens is 847 g/mol. The number of ether oxygens (including phenoxy) is 2. The Hall–Kier alpha value is -5.97. The summed E-state index contributed by atoms with van der Waals surface area (Å²) in [5, 5.41) is 6.01. The normalized spacial score (nSPS) is 24.5. The average molecular weight is 922 g/mol. The van der Waals surface area contributed by atoms with Gasteiger partial charge in [0.05, 0.1) is 43.9 Å². The minimum absolute atomic E-state index is 0.164. The highest BCUT2D eigenvalue weighted by molar-refractivity contribution is 6.01. The highest BCUT2D eigenvalue weighted by Gasteiger charge is 2.45. The van der Waals surface area contributed by atoms with Crippen LogP contribution < -0.4 is 10.6 Å². The van der Waals surface area contributed by atoms with Gasteiger partial charge in [0.25, 0.3) is 0 Å². The van der Waals surface area contributed by atoms with Gasteiger partial charge in [0, 0.05) is 65.9 Å². The standard InChI is InChI=1S/C57H75N7O4/c1-36(2)53(60-55(65)67-9)39(6)62-31-11-13-51(62)49-28-27-48(59-49)43-21-23-45(24-22-43)57(8)30-29-47(64(57)46-25-15-38(5)16-26-46)33-41-17-19-42(20-18-41)44-34-50(58-35-44)52-14-12-32-63(52)40(7)54(37(3)4)61-56(66)68-10/h15,17-28,35-38,47,51-54,59H,6-7,11-14,16,29-34H2,1-5,8-10H3,(H,60,65)(H,61,66)/t38?,47?,51?,52-,53-,54-,57-/m0/s1. The van der Waals surface area contributed by atoms with Crippen LogP contribution in [0, 0.1) is 17.8 Å². The largest absolute Gasteiger partial charge is 0.453 e. The number of aromatic amines is 1. The van der Waals surface area contributed by atoms with E-state index in [-0.39, 0.29) is 41.5 Å². The molecule has 4 aliphatic heterocycles. The van der Waals surface area contributed by atoms with E-state index in [2.05, 4.69) is 170 Å². The van der Waals surface area contributed by atoms with Crippen LogP contribution >= 0.6 is 0 Å². The fourth-order valence-corrected chi connectivity index (χ4v) is 11.6. The average Bonchev–Trinajstić information content (AvgIpc) is 4.21. The van der Waals surface area contributed by atoms with E-state index in [1.54, 1.807) is 0 Å². The first-order valence-electron chi connectivity index (χ1n) is 25.1. The van der Waals surface area contributed by atoms with Crippen LogP contribution in [0.3, 0.4) is 0 Å². The molecule has 3 N–H and O–H groups in total. The number of allylic oxidation sites excluding steroid dienone is 4. The third kappa shape index (κ3) is 10.1. The third-order valence-corrected chi connectivity index (χ3v) is 15.5. The molecule has 7 atom stereocenters. The number of likely N-dealkylation sites (tertiary alicyclic amines) is 3. The number of nitrogens with one attached hydrogen (secondary N) is 3. The maximum atomic E-state index is 12.2. The van der Waals surface area contributed by atoms with Crippen molar-refractivity contribution in [3.63, 3.8) is 0 Å². The minimum Gasteiger partial charge on any atom is -0.453 e. The number of carbonyl (C=O) groups is 2. The van der Waals surface area contributed by atoms with E-state index in [1.165, 1.54) is 59.1 Å². The quantitative estimate of drug-likeness (QED) is 0.131. The highest BCUT2D eigenvalue weighted by Crippen LogP contribution is 2.47. The van der Waals surface area contributed by atoms with Gasteiger partial charge in [0.1, 0.15) is 0 Å². The Morgan fingerprint density at radius 2 is 1.43 bits per heavy atom. The van der Waals surface area contributed by atoms with Crippen molar-refractivity contribution >= 4 is 23.5 Å². The molecule has 362 valence electrons. The van der Waals surface area contributed by atoms with E-state index in [0.29, 0.717) is 12.0 Å². The lowest BCUT2D eigenvalue weighted by Gasteiger charge is -2.43. The van der Waals surface area contributed by atoms with E-state index < -0.39 is 12.2 Å². The summed E-state index contributed by atoms with van der Waals surface area (Å²) < 4.78 is 9.87. The van der Waals surface area contributed by atoms with Crippen LogP contribution in [0.15, 0.2) is 120 Å². The molecule has 1 aromatic heterocycles. The summed E-state index contributed by atoms with van der Waals surface area (Å²) in [6.45, 7) is 23.9. The third-order valence-electron chi connectivity index (χ3n) is 15.5. The maximum Gasteiger partial charge on any atom is 0.407 e. The molecule has 3 aromatic rings. The summed E-state index contributed by atoms with van der Waals surface area (Å²) in [5.74, 6) is 0.885. The van der Waals surface area contributed by atoms with Gasteiger partial charge in [0.2, 0.25) is 0 Å². The number of H-pyrrole nitrogens is 1. The lowest BCUT2D eigenvalue weighted by Crippen LogP contribution is -2.47. The Labute approximate surface area is 405 Å². The van der Waals surface area contributed by atoms with E-state index in [4.69, 9.17) is 14.5 Å². The molecule has 0 bridgehead atoms. The smallest absolute Gasteiger partial charge is 0.407 e. The summed E-state index contributed by atoms with van der Waals surface area (Å²) in [6.07, 6.45) is 17.6. The van der Waals surface area contributed by atoms with Gasteiger partial charge in [-0.15, -0.1) is 0 Å². The van der Waals surface area contributed by atoms with E-state index in [0.717, 1.165) is 88.0 Å². The van der Waals surface area contributed by atoms with Crippen molar-refractivity contribution in [1.82, 2.24) is 30.3 Å². The van der Waals surface area contributed by atoms with Gasteiger partial charge in [-0.1, -0.05) is 108 Å². The molecule has 3 saturated heterocycles. The van der Waals surface area contributed by atoms with E-state index in [1.807, 2.05) is 0 Å². The second-order valence-corrected chi connectivity index (χ2v) is 20.7. The SMILES string of the molecule is C=C([C@@H](NC(=O)OC)C(C)C)N1CCCC1c1ccc(-c2ccc([C@]3(C)CCC(Cc4ccc(C5=CN=C([C@@H]6CCCN6C(=C)[C@@H](NC(=O)OC)C(C)C)C5)cc4)N3C3=CCC(C)C=C3)cc2)[nH]1. The number of benzene rings is 2. The zero-order valence-electron chi connectivity index (χ0n) is 41.8. The molecular formula is C57H75N7O4. The number of methoxy groups -OCH3 is 2. The molecule has 11 nitrogen and oxygen atoms in total. The van der Waals surface area contributed by atoms with Crippen molar-refractivity contribution in [3.05, 3.63) is 138 Å². The molecule has 3 fully saturated rings. The molecule has 0 saturated carbocycles. The maximum absolute atomic E-state index is 12.2. The predicted octanol–water partition coefficient (Wildman–Crippen LogP) is 11.7. The molecule has 1 aliphatic carbocycles. The van der Waals surface area contributed by atoms with Gasteiger partial charge in [0.15, 0.2) is 0 Å². The van der Waals surface area contributed by atoms with Crippen molar-refractivity contribution in [2.24, 2.45) is 22.7 Å². The highest BCUT2D eigenvalue weighted by atomic mass is 16.5. The number of aliphatic imine (C=N–C) groups is 1. The van der Waals surface area contributed by atoms with Crippen LogP contribution in [0.25, 0.3) is 16.8 Å². The van der Waals surface area contributed by atoms with Crippen molar-refractivity contribution in [3.8, 4) is 11.3 Å². The Morgan fingerprint density at radius 3 is 2.01 bits per heavy atom. The van der Waals surface area contributed by atoms with Crippen LogP contribution in [0.4, 0.5) is 9.59 Å². The molecule has 8 rings (SSSR count). The lowest BCUT2D eigenvalue weighted by molar-refractivity contribution is 0.160. The first-order valence-corrected chi connectivity index (χ1v) is 25.1. The number of amides is 2. The van der Waals surface area contributed by atoms with Crippen molar-refractivity contribution < 1.29 is 19.1 Å². The van der Waals surface area contributed by atoms with Crippen LogP contribution in [0.2, 0.25) is 0 Å². The van der Waals surface area contributed by atoms with Gasteiger partial charge < -0.3 is 39.8 Å². The second kappa shape index (κ2) is 20.7. The minimum atomic E-state index is -0.434. The molecule has 3 unspecified atom stereocenters. The van der Waals surface area contributed by atoms with Crippen molar-refractivity contribution in [2.45, 2.75) is 135 Å². The topological polar surface area (TPSA) is 115 Å². The van der Waals surface area contributed by atoms with Crippen LogP contribution in [0.1, 0.15) is 121 Å². The Bertz CT molecular complexity index is 2440. The monoisotopic (exact) mass is 922 g/mol. The second-order valence-electron chi connectivity index (χ2n) is 20.7. The number of carbonyl (C=O) groups excluding carboxylic acids is 2. The van der Waals surface area contributed by atoms with Gasteiger partial charge in [-0.25, -0.2) is 9.59 Å². The Morgan fingerprint density at radius 1 is 0.824 bits per heavy atom. The van der Waals surface area contributed by atoms with E-state index >= 15 is 0 Å². The molecule has 2 aromatic carbocycles. The lowest BCUT2D eigenvalue weighted by atomic mass is 9.87. The van der Waals surface area contributed by atoms with Gasteiger partial charge in [-0.05, 0) is 122 Å². The Balaban J connectivity index is 0.937. The molecule has 11 heteroatoms. The summed E-state index contributed by atoms with van der Waals surface area (Å²) in [7, 11) is 2.80. The molecule has 5 aliphatic rings. The van der Waals surface area contributed by atoms with Crippen LogP contribution in [0.5, 0.6) is 0 Å². The fraction of sp³-hybridized carbons (Fsp3) is 0.491. The van der Waals surface area contributed by atoms with Gasteiger partial charge >= 0.3 is 12.2 Å². The molecule has 0 radical (unpaired) electrons. The zero-order valence-corrected chi connectivity index (χ0v) is 41.8. The summed E-state index contributed by atoms with van der Waals surface area (Å²) in [4.78, 5) is 40.6. The molecule has 5 heterocycles. The summed E-state index contributed by atoms with van der Waals surface area (Å²) in [5.41, 5.74) is 12.8. The van der Waals surface area contributed by atoms with Gasteiger partial charge in [-0.3, -0.25) is 4.99 Å². The molecule has 2 amide bonds. The number of alkyl carbamates (subject to hydrolysis) is 2. The first kappa shape index (κ1) is 48.5. The van der Waals surface area contributed by atoms with Crippen LogP contribution in [-0.2, 0) is 21.4 Å². The number of nitrogens with zero attached hydrogens (tertiary/aromatic N) is 4. The van der Waals surface area contributed by atoms with Crippen molar-refractivity contribution in [2.75, 3.05) is 27.3 Å².